The summed E-state index contributed by atoms with van der Waals surface area (Å²) in [5.74, 6) is 0.619. The lowest BCUT2D eigenvalue weighted by Crippen LogP contribution is -2.40. The van der Waals surface area contributed by atoms with E-state index in [9.17, 15) is 4.39 Å². The molecule has 0 aromatic heterocycles. The van der Waals surface area contributed by atoms with E-state index in [-0.39, 0.29) is 11.4 Å². The quantitative estimate of drug-likeness (QED) is 0.846. The molecule has 0 bridgehead atoms. The molecule has 1 aromatic rings. The van der Waals surface area contributed by atoms with Crippen LogP contribution >= 0.6 is 0 Å². The van der Waals surface area contributed by atoms with Gasteiger partial charge in [-0.15, -0.1) is 0 Å². The number of rotatable bonds is 4. The predicted octanol–water partition coefficient (Wildman–Crippen LogP) is 3.67. The van der Waals surface area contributed by atoms with Crippen LogP contribution in [0.1, 0.15) is 44.6 Å². The van der Waals surface area contributed by atoms with E-state index in [1.54, 1.807) is 0 Å². The van der Waals surface area contributed by atoms with Crippen LogP contribution in [-0.4, -0.2) is 5.54 Å². The minimum atomic E-state index is -0.178. The van der Waals surface area contributed by atoms with E-state index in [0.29, 0.717) is 0 Å². The average Bonchev–Trinajstić information content (AvgIpc) is 2.73. The minimum absolute atomic E-state index is 0.160. The maximum atomic E-state index is 12.8. The lowest BCUT2D eigenvalue weighted by Gasteiger charge is -2.28. The van der Waals surface area contributed by atoms with Gasteiger partial charge in [0.15, 0.2) is 0 Å². The van der Waals surface area contributed by atoms with E-state index >= 15 is 0 Å². The highest BCUT2D eigenvalue weighted by atomic mass is 19.1. The van der Waals surface area contributed by atoms with Gasteiger partial charge in [-0.2, -0.15) is 0 Å². The van der Waals surface area contributed by atoms with Crippen molar-refractivity contribution in [3.05, 3.63) is 35.6 Å². The molecule has 2 rings (SSSR count). The first-order valence-electron chi connectivity index (χ1n) is 6.58. The third kappa shape index (κ3) is 3.81. The standard InChI is InChI=1S/C15H22FN/c1-15(17,10-12-4-2-3-5-12)11-13-6-8-14(16)9-7-13/h6-9,12H,2-5,10-11,17H2,1H3. The van der Waals surface area contributed by atoms with Gasteiger partial charge in [0.1, 0.15) is 5.82 Å². The molecule has 1 unspecified atom stereocenters. The topological polar surface area (TPSA) is 26.0 Å². The molecule has 2 N–H and O–H groups in total. The number of nitrogens with two attached hydrogens (primary N) is 1. The summed E-state index contributed by atoms with van der Waals surface area (Å²) in [7, 11) is 0. The van der Waals surface area contributed by atoms with Gasteiger partial charge in [-0.1, -0.05) is 37.8 Å². The highest BCUT2D eigenvalue weighted by molar-refractivity contribution is 5.18. The molecule has 1 atom stereocenters. The van der Waals surface area contributed by atoms with Crippen LogP contribution in [0, 0.1) is 11.7 Å². The van der Waals surface area contributed by atoms with Crippen molar-refractivity contribution in [1.29, 1.82) is 0 Å². The number of hydrogen-bond donors (Lipinski definition) is 1. The molecule has 1 aromatic carbocycles. The molecule has 17 heavy (non-hydrogen) atoms. The fourth-order valence-corrected chi connectivity index (χ4v) is 3.01. The molecule has 1 nitrogen and oxygen atoms in total. The van der Waals surface area contributed by atoms with Crippen molar-refractivity contribution in [3.8, 4) is 0 Å². The maximum Gasteiger partial charge on any atom is 0.123 e. The van der Waals surface area contributed by atoms with Crippen LogP contribution in [0.2, 0.25) is 0 Å². The molecule has 1 aliphatic rings. The van der Waals surface area contributed by atoms with E-state index in [0.717, 1.165) is 24.3 Å². The summed E-state index contributed by atoms with van der Waals surface area (Å²) < 4.78 is 12.8. The second-order valence-electron chi connectivity index (χ2n) is 5.81. The number of hydrogen-bond acceptors (Lipinski definition) is 1. The summed E-state index contributed by atoms with van der Waals surface area (Å²) >= 11 is 0. The Morgan fingerprint density at radius 2 is 1.82 bits per heavy atom. The van der Waals surface area contributed by atoms with E-state index in [1.165, 1.54) is 37.8 Å². The van der Waals surface area contributed by atoms with Crippen LogP contribution in [0.5, 0.6) is 0 Å². The van der Waals surface area contributed by atoms with Crippen molar-refractivity contribution in [3.63, 3.8) is 0 Å². The third-order valence-electron chi connectivity index (χ3n) is 3.75. The van der Waals surface area contributed by atoms with Gasteiger partial charge in [-0.3, -0.25) is 0 Å². The van der Waals surface area contributed by atoms with E-state index < -0.39 is 0 Å². The summed E-state index contributed by atoms with van der Waals surface area (Å²) in [4.78, 5) is 0. The Hall–Kier alpha value is -0.890. The Kier molecular flexibility index (Phi) is 3.82. The summed E-state index contributed by atoms with van der Waals surface area (Å²) in [5, 5.41) is 0. The number of halogens is 1. The molecule has 0 aliphatic heterocycles. The van der Waals surface area contributed by atoms with Gasteiger partial charge >= 0.3 is 0 Å². The predicted molar refractivity (Wildman–Crippen MR) is 69.3 cm³/mol. The maximum absolute atomic E-state index is 12.8. The second kappa shape index (κ2) is 5.18. The Labute approximate surface area is 103 Å². The lowest BCUT2D eigenvalue weighted by atomic mass is 9.84. The molecule has 94 valence electrons. The smallest absolute Gasteiger partial charge is 0.123 e. The van der Waals surface area contributed by atoms with Gasteiger partial charge in [0, 0.05) is 5.54 Å². The monoisotopic (exact) mass is 235 g/mol. The summed E-state index contributed by atoms with van der Waals surface area (Å²) in [5.41, 5.74) is 7.35. The zero-order valence-electron chi connectivity index (χ0n) is 10.6. The Balaban J connectivity index is 1.93. The van der Waals surface area contributed by atoms with Crippen molar-refractivity contribution in [2.75, 3.05) is 0 Å². The minimum Gasteiger partial charge on any atom is -0.325 e. The molecule has 0 saturated heterocycles. The Bertz CT molecular complexity index is 350. The highest BCUT2D eigenvalue weighted by Crippen LogP contribution is 2.32. The third-order valence-corrected chi connectivity index (χ3v) is 3.75. The van der Waals surface area contributed by atoms with Crippen LogP contribution in [0.15, 0.2) is 24.3 Å². The van der Waals surface area contributed by atoms with Crippen molar-refractivity contribution >= 4 is 0 Å². The van der Waals surface area contributed by atoms with Gasteiger partial charge in [-0.05, 0) is 43.4 Å². The zero-order valence-corrected chi connectivity index (χ0v) is 10.6. The van der Waals surface area contributed by atoms with Crippen molar-refractivity contribution in [1.82, 2.24) is 0 Å². The highest BCUT2D eigenvalue weighted by Gasteiger charge is 2.26. The van der Waals surface area contributed by atoms with Crippen molar-refractivity contribution in [2.24, 2.45) is 11.7 Å². The first-order valence-corrected chi connectivity index (χ1v) is 6.58. The Morgan fingerprint density at radius 3 is 2.41 bits per heavy atom. The van der Waals surface area contributed by atoms with Crippen molar-refractivity contribution < 1.29 is 4.39 Å². The zero-order chi connectivity index (χ0) is 12.3. The van der Waals surface area contributed by atoms with E-state index in [4.69, 9.17) is 5.73 Å². The van der Waals surface area contributed by atoms with Crippen LogP contribution in [-0.2, 0) is 6.42 Å². The SMILES string of the molecule is CC(N)(Cc1ccc(F)cc1)CC1CCCC1. The first-order chi connectivity index (χ1) is 8.05. The van der Waals surface area contributed by atoms with Crippen LogP contribution in [0.25, 0.3) is 0 Å². The van der Waals surface area contributed by atoms with Crippen LogP contribution in [0.4, 0.5) is 4.39 Å². The first kappa shape index (κ1) is 12.6. The summed E-state index contributed by atoms with van der Waals surface area (Å²) in [6.07, 6.45) is 7.30. The molecule has 0 radical (unpaired) electrons. The second-order valence-corrected chi connectivity index (χ2v) is 5.81. The molecule has 0 spiro atoms. The molecule has 1 aliphatic carbocycles. The molecule has 1 fully saturated rings. The van der Waals surface area contributed by atoms with Gasteiger partial charge < -0.3 is 5.73 Å². The van der Waals surface area contributed by atoms with Crippen LogP contribution in [0.3, 0.4) is 0 Å². The van der Waals surface area contributed by atoms with E-state index in [1.807, 2.05) is 12.1 Å². The van der Waals surface area contributed by atoms with Gasteiger partial charge in [0.05, 0.1) is 0 Å². The summed E-state index contributed by atoms with van der Waals surface area (Å²) in [6.45, 7) is 2.12. The molecular weight excluding hydrogens is 213 g/mol. The molecule has 2 heteroatoms. The lowest BCUT2D eigenvalue weighted by molar-refractivity contribution is 0.339. The number of benzene rings is 1. The fraction of sp³-hybridized carbons (Fsp3) is 0.600. The molecule has 0 heterocycles. The Morgan fingerprint density at radius 1 is 1.24 bits per heavy atom. The average molecular weight is 235 g/mol. The normalized spacial score (nSPS) is 20.4. The van der Waals surface area contributed by atoms with Gasteiger partial charge in [0.2, 0.25) is 0 Å². The van der Waals surface area contributed by atoms with Gasteiger partial charge in [0.25, 0.3) is 0 Å². The molecule has 0 amide bonds. The fourth-order valence-electron chi connectivity index (χ4n) is 3.01. The molecular formula is C15H22FN. The van der Waals surface area contributed by atoms with Crippen molar-refractivity contribution in [2.45, 2.75) is 51.0 Å². The molecule has 1 saturated carbocycles. The largest absolute Gasteiger partial charge is 0.325 e. The van der Waals surface area contributed by atoms with Gasteiger partial charge in [-0.25, -0.2) is 4.39 Å². The summed E-state index contributed by atoms with van der Waals surface area (Å²) in [6, 6.07) is 6.71. The van der Waals surface area contributed by atoms with Crippen LogP contribution < -0.4 is 5.73 Å². The van der Waals surface area contributed by atoms with E-state index in [2.05, 4.69) is 6.92 Å².